The Morgan fingerprint density at radius 1 is 1.65 bits per heavy atom. The van der Waals surface area contributed by atoms with E-state index in [0.717, 1.165) is 4.47 Å². The molecule has 92 valence electrons. The van der Waals surface area contributed by atoms with Gasteiger partial charge in [0, 0.05) is 6.54 Å². The molecule has 1 N–H and O–H groups in total. The molecule has 0 saturated carbocycles. The zero-order chi connectivity index (χ0) is 12.6. The van der Waals surface area contributed by atoms with Crippen molar-refractivity contribution in [2.45, 2.75) is 13.0 Å². The number of ether oxygens (including phenoxy) is 1. The summed E-state index contributed by atoms with van der Waals surface area (Å²) in [5.41, 5.74) is 0.438. The van der Waals surface area contributed by atoms with Crippen molar-refractivity contribution in [3.05, 3.63) is 20.8 Å². The van der Waals surface area contributed by atoms with Gasteiger partial charge in [0.2, 0.25) is 0 Å². The number of hydrogen-bond donors (Lipinski definition) is 1. The van der Waals surface area contributed by atoms with Gasteiger partial charge in [-0.25, -0.2) is 4.79 Å². The highest BCUT2D eigenvalue weighted by Gasteiger charge is 2.33. The molecule has 1 aliphatic heterocycles. The van der Waals surface area contributed by atoms with Crippen molar-refractivity contribution in [2.24, 2.45) is 0 Å². The zero-order valence-electron chi connectivity index (χ0n) is 9.00. The molecule has 1 unspecified atom stereocenters. The lowest BCUT2D eigenvalue weighted by atomic mass is 10.2. The van der Waals surface area contributed by atoms with Gasteiger partial charge in [-0.3, -0.25) is 4.79 Å². The first kappa shape index (κ1) is 12.6. The van der Waals surface area contributed by atoms with Crippen molar-refractivity contribution in [3.63, 3.8) is 0 Å². The molecule has 0 spiro atoms. The maximum Gasteiger partial charge on any atom is 0.330 e. The van der Waals surface area contributed by atoms with Crippen LogP contribution in [0.3, 0.4) is 0 Å². The van der Waals surface area contributed by atoms with Crippen LogP contribution in [0.15, 0.2) is 15.1 Å². The standard InChI is InChI=1S/C10H10Br2N2O3/c1-2-17-10(16)7-4-13-9(15)6-3-5(11)8(12)14(6)7/h3,7H,2,4H2,1H3,(H,13,15). The number of esters is 1. The Morgan fingerprint density at radius 3 is 3.00 bits per heavy atom. The Balaban J connectivity index is 2.44. The van der Waals surface area contributed by atoms with Gasteiger partial charge in [0.15, 0.2) is 0 Å². The second-order valence-electron chi connectivity index (χ2n) is 3.52. The van der Waals surface area contributed by atoms with Crippen LogP contribution in [0.25, 0.3) is 0 Å². The van der Waals surface area contributed by atoms with Crippen LogP contribution < -0.4 is 5.32 Å². The van der Waals surface area contributed by atoms with Gasteiger partial charge in [-0.1, -0.05) is 0 Å². The van der Waals surface area contributed by atoms with Crippen molar-refractivity contribution >= 4 is 43.7 Å². The van der Waals surface area contributed by atoms with Crippen LogP contribution in [-0.4, -0.2) is 29.6 Å². The van der Waals surface area contributed by atoms with Crippen LogP contribution in [0.4, 0.5) is 0 Å². The van der Waals surface area contributed by atoms with E-state index in [2.05, 4.69) is 37.2 Å². The average Bonchev–Trinajstić information content (AvgIpc) is 2.58. The molecule has 1 atom stereocenters. The fourth-order valence-corrected chi connectivity index (χ4v) is 2.71. The molecule has 17 heavy (non-hydrogen) atoms. The number of nitrogens with one attached hydrogen (secondary N) is 1. The molecule has 1 amide bonds. The largest absolute Gasteiger partial charge is 0.464 e. The summed E-state index contributed by atoms with van der Waals surface area (Å²) in [6.45, 7) is 2.31. The highest BCUT2D eigenvalue weighted by atomic mass is 79.9. The fourth-order valence-electron chi connectivity index (χ4n) is 1.75. The summed E-state index contributed by atoms with van der Waals surface area (Å²) in [4.78, 5) is 23.4. The van der Waals surface area contributed by atoms with E-state index in [4.69, 9.17) is 4.74 Å². The third-order valence-electron chi connectivity index (χ3n) is 2.49. The number of amides is 1. The summed E-state index contributed by atoms with van der Waals surface area (Å²) in [6, 6.07) is 1.15. The van der Waals surface area contributed by atoms with E-state index in [1.807, 2.05) is 0 Å². The molecule has 2 rings (SSSR count). The third kappa shape index (κ3) is 2.13. The molecule has 5 nitrogen and oxygen atoms in total. The van der Waals surface area contributed by atoms with E-state index >= 15 is 0 Å². The smallest absolute Gasteiger partial charge is 0.330 e. The maximum absolute atomic E-state index is 11.8. The van der Waals surface area contributed by atoms with Crippen LogP contribution in [-0.2, 0) is 9.53 Å². The Labute approximate surface area is 115 Å². The first-order valence-electron chi connectivity index (χ1n) is 5.07. The Morgan fingerprint density at radius 2 is 2.35 bits per heavy atom. The SMILES string of the molecule is CCOC(=O)C1CNC(=O)c2cc(Br)c(Br)n21. The number of carbonyl (C=O) groups is 2. The van der Waals surface area contributed by atoms with Gasteiger partial charge in [0.05, 0.1) is 11.1 Å². The quantitative estimate of drug-likeness (QED) is 0.814. The lowest BCUT2D eigenvalue weighted by Gasteiger charge is -2.25. The van der Waals surface area contributed by atoms with Crippen molar-refractivity contribution in [2.75, 3.05) is 13.2 Å². The van der Waals surface area contributed by atoms with Crippen LogP contribution in [0.1, 0.15) is 23.5 Å². The molecule has 0 saturated heterocycles. The van der Waals surface area contributed by atoms with Crippen LogP contribution in [0.5, 0.6) is 0 Å². The minimum atomic E-state index is -0.525. The molecule has 0 aromatic carbocycles. The summed E-state index contributed by atoms with van der Waals surface area (Å²) >= 11 is 6.67. The van der Waals surface area contributed by atoms with Crippen LogP contribution in [0.2, 0.25) is 0 Å². The van der Waals surface area contributed by atoms with Crippen molar-refractivity contribution in [1.29, 1.82) is 0 Å². The second kappa shape index (κ2) is 4.81. The van der Waals surface area contributed by atoms with Crippen molar-refractivity contribution in [1.82, 2.24) is 9.88 Å². The second-order valence-corrected chi connectivity index (χ2v) is 5.12. The zero-order valence-corrected chi connectivity index (χ0v) is 12.2. The monoisotopic (exact) mass is 364 g/mol. The molecule has 0 fully saturated rings. The first-order chi connectivity index (χ1) is 8.06. The van der Waals surface area contributed by atoms with Crippen molar-refractivity contribution in [3.8, 4) is 0 Å². The van der Waals surface area contributed by atoms with E-state index in [1.54, 1.807) is 17.6 Å². The topological polar surface area (TPSA) is 60.3 Å². The van der Waals surface area contributed by atoms with Gasteiger partial charge in [-0.05, 0) is 44.8 Å². The summed E-state index contributed by atoms with van der Waals surface area (Å²) in [5, 5.41) is 2.67. The summed E-state index contributed by atoms with van der Waals surface area (Å²) < 4.78 is 8.03. The first-order valence-corrected chi connectivity index (χ1v) is 6.66. The summed E-state index contributed by atoms with van der Waals surface area (Å²) in [5.74, 6) is -0.547. The van der Waals surface area contributed by atoms with E-state index < -0.39 is 6.04 Å². The van der Waals surface area contributed by atoms with Crippen LogP contribution in [0, 0.1) is 0 Å². The number of carbonyl (C=O) groups excluding carboxylic acids is 2. The minimum absolute atomic E-state index is 0.197. The number of rotatable bonds is 2. The number of hydrogen-bond acceptors (Lipinski definition) is 3. The molecule has 2 heterocycles. The normalized spacial score (nSPS) is 18.5. The molecule has 0 aliphatic carbocycles. The van der Waals surface area contributed by atoms with E-state index in [-0.39, 0.29) is 18.4 Å². The van der Waals surface area contributed by atoms with Gasteiger partial charge in [0.1, 0.15) is 16.3 Å². The molecule has 0 bridgehead atoms. The fraction of sp³-hybridized carbons (Fsp3) is 0.400. The highest BCUT2D eigenvalue weighted by Crippen LogP contribution is 2.32. The van der Waals surface area contributed by atoms with Gasteiger partial charge in [-0.15, -0.1) is 0 Å². The molecule has 0 radical (unpaired) electrons. The van der Waals surface area contributed by atoms with Crippen molar-refractivity contribution < 1.29 is 14.3 Å². The highest BCUT2D eigenvalue weighted by molar-refractivity contribution is 9.13. The van der Waals surface area contributed by atoms with Gasteiger partial charge < -0.3 is 14.6 Å². The van der Waals surface area contributed by atoms with E-state index in [9.17, 15) is 9.59 Å². The van der Waals surface area contributed by atoms with E-state index in [1.165, 1.54) is 0 Å². The average molecular weight is 366 g/mol. The minimum Gasteiger partial charge on any atom is -0.464 e. The molecule has 7 heteroatoms. The molecule has 1 aromatic heterocycles. The Bertz CT molecular complexity index is 484. The summed E-state index contributed by atoms with van der Waals surface area (Å²) in [6.07, 6.45) is 0. The number of halogens is 2. The predicted octanol–water partition coefficient (Wildman–Crippen LogP) is 1.86. The number of fused-ring (bicyclic) bond motifs is 1. The number of aromatic nitrogens is 1. The van der Waals surface area contributed by atoms with Gasteiger partial charge in [0.25, 0.3) is 5.91 Å². The molecular weight excluding hydrogens is 356 g/mol. The van der Waals surface area contributed by atoms with Gasteiger partial charge in [-0.2, -0.15) is 0 Å². The summed E-state index contributed by atoms with van der Waals surface area (Å²) in [7, 11) is 0. The van der Waals surface area contributed by atoms with Crippen LogP contribution >= 0.6 is 31.9 Å². The number of nitrogens with zero attached hydrogens (tertiary/aromatic N) is 1. The third-order valence-corrected chi connectivity index (χ3v) is 4.44. The predicted molar refractivity (Wildman–Crippen MR) is 67.8 cm³/mol. The molecule has 1 aliphatic rings. The lowest BCUT2D eigenvalue weighted by Crippen LogP contribution is -2.42. The maximum atomic E-state index is 11.8. The Hall–Kier alpha value is -0.820. The Kier molecular flexibility index (Phi) is 3.58. The molecule has 1 aromatic rings. The molecular formula is C10H10Br2N2O3. The van der Waals surface area contributed by atoms with Gasteiger partial charge >= 0.3 is 5.97 Å². The van der Waals surface area contributed by atoms with E-state index in [0.29, 0.717) is 16.9 Å². The lowest BCUT2D eigenvalue weighted by molar-refractivity contribution is -0.147.